The van der Waals surface area contributed by atoms with E-state index in [2.05, 4.69) is 27.0 Å². The summed E-state index contributed by atoms with van der Waals surface area (Å²) in [5.74, 6) is 2.85. The average Bonchev–Trinajstić information content (AvgIpc) is 2.17. The maximum atomic E-state index is 6.57. The van der Waals surface area contributed by atoms with E-state index in [9.17, 15) is 0 Å². The molecule has 0 N–H and O–H groups in total. The number of hydrogen-bond donors (Lipinski definition) is 0. The van der Waals surface area contributed by atoms with E-state index in [1.54, 1.807) is 0 Å². The van der Waals surface area contributed by atoms with Crippen molar-refractivity contribution in [2.75, 3.05) is 12.0 Å². The molecule has 96 valence electrons. The van der Waals surface area contributed by atoms with Gasteiger partial charge >= 0.3 is 0 Å². The van der Waals surface area contributed by atoms with Crippen molar-refractivity contribution in [3.05, 3.63) is 0 Å². The Balaban J connectivity index is 2.47. The molecule has 0 radical (unpaired) electrons. The first-order valence-corrected chi connectivity index (χ1v) is 8.43. The van der Waals surface area contributed by atoms with Gasteiger partial charge in [0.25, 0.3) is 0 Å². The molecule has 0 amide bonds. The summed E-state index contributed by atoms with van der Waals surface area (Å²) < 4.78 is 0. The molecule has 0 nitrogen and oxygen atoms in total. The van der Waals surface area contributed by atoms with E-state index in [-0.39, 0.29) is 0 Å². The molecule has 0 heterocycles. The minimum atomic E-state index is 0.410. The van der Waals surface area contributed by atoms with Gasteiger partial charge in [0.2, 0.25) is 0 Å². The average molecular weight is 263 g/mol. The van der Waals surface area contributed by atoms with Gasteiger partial charge in [0, 0.05) is 5.38 Å². The second kappa shape index (κ2) is 6.54. The topological polar surface area (TPSA) is 0 Å². The molecule has 1 rings (SSSR count). The zero-order valence-electron chi connectivity index (χ0n) is 11.3. The second-order valence-electron chi connectivity index (χ2n) is 6.13. The highest BCUT2D eigenvalue weighted by molar-refractivity contribution is 7.98. The van der Waals surface area contributed by atoms with Crippen LogP contribution in [0.25, 0.3) is 0 Å². The normalized spacial score (nSPS) is 31.7. The van der Waals surface area contributed by atoms with Crippen molar-refractivity contribution in [1.82, 2.24) is 0 Å². The van der Waals surface area contributed by atoms with Gasteiger partial charge in [0.1, 0.15) is 0 Å². The predicted molar refractivity (Wildman–Crippen MR) is 77.5 cm³/mol. The lowest BCUT2D eigenvalue weighted by Crippen LogP contribution is -2.36. The molecular weight excluding hydrogens is 236 g/mol. The van der Waals surface area contributed by atoms with Crippen LogP contribution in [-0.2, 0) is 0 Å². The van der Waals surface area contributed by atoms with E-state index < -0.39 is 0 Å². The highest BCUT2D eigenvalue weighted by Crippen LogP contribution is 2.45. The fraction of sp³-hybridized carbons (Fsp3) is 1.00. The third kappa shape index (κ3) is 4.14. The van der Waals surface area contributed by atoms with Crippen molar-refractivity contribution in [2.45, 2.75) is 58.3 Å². The Morgan fingerprint density at radius 3 is 2.56 bits per heavy atom. The summed E-state index contributed by atoms with van der Waals surface area (Å²) in [7, 11) is 0. The van der Waals surface area contributed by atoms with Crippen LogP contribution in [0.1, 0.15) is 52.9 Å². The third-order valence-corrected chi connectivity index (χ3v) is 5.39. The fourth-order valence-electron chi connectivity index (χ4n) is 3.05. The predicted octanol–water partition coefficient (Wildman–Crippen LogP) is 5.20. The minimum absolute atomic E-state index is 0.410. The van der Waals surface area contributed by atoms with Crippen molar-refractivity contribution < 1.29 is 0 Å². The highest BCUT2D eigenvalue weighted by Gasteiger charge is 2.37. The summed E-state index contributed by atoms with van der Waals surface area (Å²) in [4.78, 5) is 0. The highest BCUT2D eigenvalue weighted by atomic mass is 35.5. The van der Waals surface area contributed by atoms with Crippen LogP contribution in [-0.4, -0.2) is 17.4 Å². The van der Waals surface area contributed by atoms with Crippen LogP contribution in [0.15, 0.2) is 0 Å². The largest absolute Gasteiger partial charge is 0.165 e. The first-order chi connectivity index (χ1) is 7.47. The Kier molecular flexibility index (Phi) is 6.01. The summed E-state index contributed by atoms with van der Waals surface area (Å²) in [5, 5.41) is 0.410. The molecule has 1 aliphatic rings. The number of alkyl halides is 1. The van der Waals surface area contributed by atoms with Gasteiger partial charge in [-0.25, -0.2) is 0 Å². The van der Waals surface area contributed by atoms with Gasteiger partial charge in [-0.2, -0.15) is 11.8 Å². The van der Waals surface area contributed by atoms with Crippen LogP contribution in [0.3, 0.4) is 0 Å². The van der Waals surface area contributed by atoms with Gasteiger partial charge in [-0.1, -0.05) is 27.2 Å². The van der Waals surface area contributed by atoms with E-state index in [4.69, 9.17) is 11.6 Å². The number of hydrogen-bond acceptors (Lipinski definition) is 1. The fourth-order valence-corrected chi connectivity index (χ4v) is 4.25. The summed E-state index contributed by atoms with van der Waals surface area (Å²) in [5.41, 5.74) is 0.433. The summed E-state index contributed by atoms with van der Waals surface area (Å²) in [6.45, 7) is 7.18. The Bertz CT molecular complexity index is 203. The molecule has 16 heavy (non-hydrogen) atoms. The number of thioether (sulfide) groups is 1. The molecule has 2 heteroatoms. The van der Waals surface area contributed by atoms with Crippen LogP contribution in [0.4, 0.5) is 0 Å². The van der Waals surface area contributed by atoms with E-state index in [0.717, 1.165) is 11.8 Å². The lowest BCUT2D eigenvalue weighted by molar-refractivity contribution is 0.131. The van der Waals surface area contributed by atoms with E-state index in [1.807, 2.05) is 11.8 Å². The molecule has 3 atom stereocenters. The molecule has 0 spiro atoms. The first kappa shape index (κ1) is 14.7. The lowest BCUT2D eigenvalue weighted by Gasteiger charge is -2.42. The monoisotopic (exact) mass is 262 g/mol. The van der Waals surface area contributed by atoms with Crippen molar-refractivity contribution in [3.8, 4) is 0 Å². The van der Waals surface area contributed by atoms with Gasteiger partial charge < -0.3 is 0 Å². The minimum Gasteiger partial charge on any atom is -0.165 e. The first-order valence-electron chi connectivity index (χ1n) is 6.60. The van der Waals surface area contributed by atoms with Crippen molar-refractivity contribution in [1.29, 1.82) is 0 Å². The van der Waals surface area contributed by atoms with Gasteiger partial charge in [-0.05, 0) is 54.9 Å². The molecular formula is C14H27ClS. The Morgan fingerprint density at radius 2 is 2.00 bits per heavy atom. The smallest absolute Gasteiger partial charge is 0.0371 e. The Labute approximate surface area is 111 Å². The summed E-state index contributed by atoms with van der Waals surface area (Å²) in [6, 6.07) is 0. The van der Waals surface area contributed by atoms with E-state index >= 15 is 0 Å². The molecule has 1 aliphatic carbocycles. The van der Waals surface area contributed by atoms with Crippen LogP contribution in [0, 0.1) is 17.3 Å². The van der Waals surface area contributed by atoms with Crippen LogP contribution >= 0.6 is 23.4 Å². The molecule has 0 aromatic heterocycles. The molecule has 3 unspecified atom stereocenters. The van der Waals surface area contributed by atoms with Gasteiger partial charge in [-0.3, -0.25) is 0 Å². The summed E-state index contributed by atoms with van der Waals surface area (Å²) >= 11 is 8.53. The van der Waals surface area contributed by atoms with Crippen LogP contribution < -0.4 is 0 Å². The van der Waals surface area contributed by atoms with Gasteiger partial charge in [0.15, 0.2) is 0 Å². The lowest BCUT2D eigenvalue weighted by atomic mass is 9.67. The molecule has 0 bridgehead atoms. The Hall–Kier alpha value is 0.640. The molecule has 0 aliphatic heterocycles. The quantitative estimate of drug-likeness (QED) is 0.485. The standard InChI is InChI=1S/C14H27ClS/c1-11-6-7-12(13(15)10-11)14(2,3)8-5-9-16-4/h11-13H,5-10H2,1-4H3. The zero-order chi connectivity index (χ0) is 12.2. The summed E-state index contributed by atoms with van der Waals surface area (Å²) in [6.07, 6.45) is 8.79. The van der Waals surface area contributed by atoms with Crippen molar-refractivity contribution in [3.63, 3.8) is 0 Å². The number of halogens is 1. The molecule has 0 aromatic carbocycles. The molecule has 0 saturated heterocycles. The van der Waals surface area contributed by atoms with Gasteiger partial charge in [-0.15, -0.1) is 11.6 Å². The van der Waals surface area contributed by atoms with Crippen LogP contribution in [0.2, 0.25) is 0 Å². The van der Waals surface area contributed by atoms with E-state index in [0.29, 0.717) is 10.8 Å². The van der Waals surface area contributed by atoms with Gasteiger partial charge in [0.05, 0.1) is 0 Å². The second-order valence-corrected chi connectivity index (χ2v) is 7.67. The maximum absolute atomic E-state index is 6.57. The van der Waals surface area contributed by atoms with E-state index in [1.165, 1.54) is 37.9 Å². The number of rotatable bonds is 5. The van der Waals surface area contributed by atoms with Crippen molar-refractivity contribution in [2.24, 2.45) is 17.3 Å². The molecule has 0 aromatic rings. The van der Waals surface area contributed by atoms with Crippen LogP contribution in [0.5, 0.6) is 0 Å². The zero-order valence-corrected chi connectivity index (χ0v) is 12.8. The molecule has 1 saturated carbocycles. The Morgan fingerprint density at radius 1 is 1.31 bits per heavy atom. The maximum Gasteiger partial charge on any atom is 0.0371 e. The van der Waals surface area contributed by atoms with Crippen molar-refractivity contribution >= 4 is 23.4 Å². The SMILES string of the molecule is CSCCCC(C)(C)C1CCC(C)CC1Cl. The molecule has 1 fully saturated rings. The third-order valence-electron chi connectivity index (χ3n) is 4.21.